The molecular weight excluding hydrogens is 346 g/mol. The van der Waals surface area contributed by atoms with Crippen molar-refractivity contribution in [2.45, 2.75) is 19.8 Å². The van der Waals surface area contributed by atoms with Crippen molar-refractivity contribution in [3.8, 4) is 23.0 Å². The van der Waals surface area contributed by atoms with Crippen LogP contribution < -0.4 is 14.8 Å². The molecule has 0 atom stereocenters. The normalized spacial score (nSPS) is 10.5. The Balaban J connectivity index is 1.60. The summed E-state index contributed by atoms with van der Waals surface area (Å²) in [6.45, 7) is 2.00. The minimum Gasteiger partial charge on any atom is -0.497 e. The number of amides is 1. The molecule has 140 valence electrons. The Morgan fingerprint density at radius 3 is 2.70 bits per heavy atom. The Bertz CT molecular complexity index is 936. The van der Waals surface area contributed by atoms with E-state index >= 15 is 0 Å². The van der Waals surface area contributed by atoms with Crippen LogP contribution in [0.5, 0.6) is 11.5 Å². The second-order valence-corrected chi connectivity index (χ2v) is 5.98. The molecule has 0 saturated carbocycles. The molecule has 27 heavy (non-hydrogen) atoms. The van der Waals surface area contributed by atoms with Gasteiger partial charge in [0, 0.05) is 24.5 Å². The lowest BCUT2D eigenvalue weighted by Crippen LogP contribution is -2.13. The zero-order chi connectivity index (χ0) is 19.2. The first-order valence-electron chi connectivity index (χ1n) is 8.50. The molecule has 1 heterocycles. The van der Waals surface area contributed by atoms with Crippen LogP contribution in [-0.2, 0) is 11.2 Å². The van der Waals surface area contributed by atoms with Gasteiger partial charge in [0.1, 0.15) is 11.5 Å². The molecule has 1 N–H and O–H groups in total. The molecule has 0 aliphatic rings. The van der Waals surface area contributed by atoms with Crippen LogP contribution in [0.25, 0.3) is 11.5 Å². The predicted octanol–water partition coefficient (Wildman–Crippen LogP) is 3.63. The van der Waals surface area contributed by atoms with Gasteiger partial charge >= 0.3 is 0 Å². The van der Waals surface area contributed by atoms with Gasteiger partial charge in [0.25, 0.3) is 0 Å². The van der Waals surface area contributed by atoms with E-state index in [4.69, 9.17) is 13.9 Å². The summed E-state index contributed by atoms with van der Waals surface area (Å²) in [4.78, 5) is 12.2. The summed E-state index contributed by atoms with van der Waals surface area (Å²) in [6.07, 6.45) is 0.563. The lowest BCUT2D eigenvalue weighted by molar-refractivity contribution is -0.116. The maximum atomic E-state index is 12.2. The van der Waals surface area contributed by atoms with E-state index in [9.17, 15) is 4.79 Å². The average molecular weight is 367 g/mol. The van der Waals surface area contributed by atoms with Crippen LogP contribution in [0.3, 0.4) is 0 Å². The lowest BCUT2D eigenvalue weighted by atomic mass is 10.1. The zero-order valence-electron chi connectivity index (χ0n) is 15.5. The number of ether oxygens (including phenoxy) is 2. The van der Waals surface area contributed by atoms with E-state index in [2.05, 4.69) is 15.5 Å². The number of hydrogen-bond acceptors (Lipinski definition) is 6. The highest BCUT2D eigenvalue weighted by atomic mass is 16.5. The fraction of sp³-hybridized carbons (Fsp3) is 0.250. The minimum absolute atomic E-state index is 0.172. The van der Waals surface area contributed by atoms with Crippen molar-refractivity contribution in [3.05, 3.63) is 53.9 Å². The maximum absolute atomic E-state index is 12.2. The number of aryl methyl sites for hydroxylation is 2. The van der Waals surface area contributed by atoms with E-state index in [0.717, 1.165) is 11.1 Å². The number of rotatable bonds is 7. The molecule has 0 radical (unpaired) electrons. The van der Waals surface area contributed by atoms with Gasteiger partial charge in [-0.3, -0.25) is 4.79 Å². The predicted molar refractivity (Wildman–Crippen MR) is 101 cm³/mol. The summed E-state index contributed by atoms with van der Waals surface area (Å²) in [5, 5.41) is 10.9. The largest absolute Gasteiger partial charge is 0.497 e. The molecule has 0 fully saturated rings. The number of nitrogens with one attached hydrogen (secondary N) is 1. The molecule has 0 saturated heterocycles. The van der Waals surface area contributed by atoms with Gasteiger partial charge < -0.3 is 19.2 Å². The first kappa shape index (κ1) is 18.4. The van der Waals surface area contributed by atoms with Crippen LogP contribution in [0.15, 0.2) is 46.9 Å². The van der Waals surface area contributed by atoms with E-state index in [1.54, 1.807) is 25.3 Å². The highest BCUT2D eigenvalue weighted by Crippen LogP contribution is 2.29. The summed E-state index contributed by atoms with van der Waals surface area (Å²) in [6, 6.07) is 13.0. The second-order valence-electron chi connectivity index (χ2n) is 5.98. The van der Waals surface area contributed by atoms with E-state index in [1.165, 1.54) is 7.11 Å². The molecule has 3 rings (SSSR count). The molecule has 1 amide bonds. The van der Waals surface area contributed by atoms with Crippen molar-refractivity contribution >= 4 is 11.6 Å². The van der Waals surface area contributed by atoms with E-state index in [1.807, 2.05) is 31.2 Å². The molecule has 0 bridgehead atoms. The van der Waals surface area contributed by atoms with Crippen LogP contribution in [-0.4, -0.2) is 30.3 Å². The fourth-order valence-electron chi connectivity index (χ4n) is 2.58. The fourth-order valence-corrected chi connectivity index (χ4v) is 2.58. The number of carbonyl (C=O) groups is 1. The van der Waals surface area contributed by atoms with E-state index in [0.29, 0.717) is 35.4 Å². The van der Waals surface area contributed by atoms with Gasteiger partial charge in [-0.25, -0.2) is 0 Å². The van der Waals surface area contributed by atoms with Crippen molar-refractivity contribution in [3.63, 3.8) is 0 Å². The number of aromatic nitrogens is 2. The van der Waals surface area contributed by atoms with Gasteiger partial charge in [0.05, 0.1) is 19.9 Å². The topological polar surface area (TPSA) is 86.5 Å². The van der Waals surface area contributed by atoms with Crippen molar-refractivity contribution in [1.82, 2.24) is 10.2 Å². The van der Waals surface area contributed by atoms with Crippen molar-refractivity contribution < 1.29 is 18.7 Å². The van der Waals surface area contributed by atoms with Crippen LogP contribution in [0.2, 0.25) is 0 Å². The third kappa shape index (κ3) is 4.63. The number of nitrogens with zero attached hydrogens (tertiary/aromatic N) is 2. The van der Waals surface area contributed by atoms with Gasteiger partial charge in [0.15, 0.2) is 0 Å². The van der Waals surface area contributed by atoms with Crippen LogP contribution in [0, 0.1) is 6.92 Å². The molecule has 1 aromatic heterocycles. The van der Waals surface area contributed by atoms with E-state index < -0.39 is 0 Å². The summed E-state index contributed by atoms with van der Waals surface area (Å²) in [5.74, 6) is 1.88. The van der Waals surface area contributed by atoms with Crippen molar-refractivity contribution in [2.24, 2.45) is 0 Å². The first-order chi connectivity index (χ1) is 13.1. The molecule has 0 aliphatic carbocycles. The third-order valence-electron chi connectivity index (χ3n) is 3.98. The van der Waals surface area contributed by atoms with Crippen LogP contribution in [0.4, 0.5) is 5.69 Å². The summed E-state index contributed by atoms with van der Waals surface area (Å²) < 4.78 is 16.1. The average Bonchev–Trinajstić information content (AvgIpc) is 3.16. The number of methoxy groups -OCH3 is 2. The zero-order valence-corrected chi connectivity index (χ0v) is 15.5. The molecule has 3 aromatic rings. The van der Waals surface area contributed by atoms with Gasteiger partial charge in [-0.2, -0.15) is 0 Å². The molecule has 0 aliphatic heterocycles. The number of hydrogen-bond donors (Lipinski definition) is 1. The van der Waals surface area contributed by atoms with Crippen LogP contribution >= 0.6 is 0 Å². The number of carbonyl (C=O) groups excluding carboxylic acids is 1. The maximum Gasteiger partial charge on any atom is 0.247 e. The SMILES string of the molecule is COc1ccc(NC(=O)CCc2nnc(-c3cccc(C)c3)o2)c(OC)c1. The molecule has 0 spiro atoms. The summed E-state index contributed by atoms with van der Waals surface area (Å²) in [5.41, 5.74) is 2.55. The summed E-state index contributed by atoms with van der Waals surface area (Å²) in [7, 11) is 3.11. The number of anilines is 1. The lowest BCUT2D eigenvalue weighted by Gasteiger charge is -2.11. The van der Waals surface area contributed by atoms with Crippen molar-refractivity contribution in [1.29, 1.82) is 0 Å². The van der Waals surface area contributed by atoms with Crippen LogP contribution in [0.1, 0.15) is 17.9 Å². The van der Waals surface area contributed by atoms with Gasteiger partial charge in [0.2, 0.25) is 17.7 Å². The van der Waals surface area contributed by atoms with Gasteiger partial charge in [-0.15, -0.1) is 10.2 Å². The standard InChI is InChI=1S/C20H21N3O4/c1-13-5-4-6-14(11-13)20-23-22-19(27-20)10-9-18(24)21-16-8-7-15(25-2)12-17(16)26-3/h4-8,11-12H,9-10H2,1-3H3,(H,21,24). The smallest absolute Gasteiger partial charge is 0.247 e. The highest BCUT2D eigenvalue weighted by molar-refractivity contribution is 5.92. The monoisotopic (exact) mass is 367 g/mol. The third-order valence-corrected chi connectivity index (χ3v) is 3.98. The quantitative estimate of drug-likeness (QED) is 0.686. The van der Waals surface area contributed by atoms with E-state index in [-0.39, 0.29) is 12.3 Å². The van der Waals surface area contributed by atoms with Crippen molar-refractivity contribution in [2.75, 3.05) is 19.5 Å². The molecule has 7 heteroatoms. The Kier molecular flexibility index (Phi) is 5.71. The molecule has 2 aromatic carbocycles. The highest BCUT2D eigenvalue weighted by Gasteiger charge is 2.13. The molecule has 0 unspecified atom stereocenters. The Hall–Kier alpha value is -3.35. The second kappa shape index (κ2) is 8.35. The Morgan fingerprint density at radius 2 is 1.96 bits per heavy atom. The Labute approximate surface area is 157 Å². The Morgan fingerprint density at radius 1 is 1.11 bits per heavy atom. The number of benzene rings is 2. The first-order valence-corrected chi connectivity index (χ1v) is 8.50. The molecular formula is C20H21N3O4. The van der Waals surface area contributed by atoms with Gasteiger partial charge in [-0.05, 0) is 31.2 Å². The summed E-state index contributed by atoms with van der Waals surface area (Å²) >= 11 is 0. The minimum atomic E-state index is -0.172. The molecule has 7 nitrogen and oxygen atoms in total. The van der Waals surface area contributed by atoms with Gasteiger partial charge in [-0.1, -0.05) is 17.7 Å².